The van der Waals surface area contributed by atoms with Crippen LogP contribution in [0.25, 0.3) is 11.0 Å². The molecule has 0 aliphatic carbocycles. The molecule has 0 atom stereocenters. The van der Waals surface area contributed by atoms with E-state index in [1.54, 1.807) is 48.5 Å². The first-order valence-corrected chi connectivity index (χ1v) is 7.84. The number of aromatic nitrogens is 2. The fourth-order valence-electron chi connectivity index (χ4n) is 2.56. The summed E-state index contributed by atoms with van der Waals surface area (Å²) in [7, 11) is 1.53. The van der Waals surface area contributed by atoms with Crippen molar-refractivity contribution in [1.82, 2.24) is 4.98 Å². The van der Waals surface area contributed by atoms with Gasteiger partial charge in [0.1, 0.15) is 17.9 Å². The minimum absolute atomic E-state index is 0.119. The first-order valence-electron chi connectivity index (χ1n) is 7.84. The molecule has 0 spiro atoms. The van der Waals surface area contributed by atoms with Crippen molar-refractivity contribution in [3.63, 3.8) is 0 Å². The number of esters is 1. The maximum Gasteiger partial charge on any atom is 0.338 e. The van der Waals surface area contributed by atoms with E-state index in [1.165, 1.54) is 14.0 Å². The van der Waals surface area contributed by atoms with E-state index in [-0.39, 0.29) is 23.5 Å². The van der Waals surface area contributed by atoms with Gasteiger partial charge in [-0.3, -0.25) is 4.79 Å². The van der Waals surface area contributed by atoms with E-state index in [0.717, 1.165) is 0 Å². The number of fused-ring (bicyclic) bond motifs is 1. The monoisotopic (exact) mass is 352 g/mol. The Morgan fingerprint density at radius 3 is 2.46 bits per heavy atom. The third-order valence-corrected chi connectivity index (χ3v) is 3.83. The second-order valence-corrected chi connectivity index (χ2v) is 5.55. The molecule has 0 saturated heterocycles. The highest BCUT2D eigenvalue weighted by molar-refractivity contribution is 5.93. The topological polar surface area (TPSA) is 92.4 Å². The predicted octanol–water partition coefficient (Wildman–Crippen LogP) is 2.44. The van der Waals surface area contributed by atoms with E-state index in [4.69, 9.17) is 9.47 Å². The van der Waals surface area contributed by atoms with Gasteiger partial charge in [-0.1, -0.05) is 12.1 Å². The molecule has 3 aromatic rings. The number of Topliss-reactive ketones (excluding diaryl/α,β-unsaturated/α-hetero) is 1. The minimum Gasteiger partial charge on any atom is -0.618 e. The number of hydrogen-bond donors (Lipinski definition) is 0. The Morgan fingerprint density at radius 2 is 1.81 bits per heavy atom. The minimum atomic E-state index is -0.588. The zero-order valence-corrected chi connectivity index (χ0v) is 14.3. The highest BCUT2D eigenvalue weighted by Gasteiger charge is 2.24. The van der Waals surface area contributed by atoms with Crippen molar-refractivity contribution in [2.45, 2.75) is 13.5 Å². The van der Waals surface area contributed by atoms with Crippen molar-refractivity contribution in [2.24, 2.45) is 0 Å². The Balaban J connectivity index is 1.89. The Kier molecular flexibility index (Phi) is 4.79. The number of para-hydroxylation sites is 2. The number of nitrogens with zero attached hydrogens (tertiary/aromatic N) is 2. The SMILES string of the molecule is COc1ccc(C(=O)OCc2nc3ccccc3[n+]([O-])c2C(C)=O)cc1. The fourth-order valence-corrected chi connectivity index (χ4v) is 2.56. The van der Waals surface area contributed by atoms with Crippen LogP contribution in [0.2, 0.25) is 0 Å². The molecule has 1 aromatic heterocycles. The third kappa shape index (κ3) is 3.32. The normalized spacial score (nSPS) is 10.5. The van der Waals surface area contributed by atoms with Crippen molar-refractivity contribution >= 4 is 22.8 Å². The lowest BCUT2D eigenvalue weighted by Gasteiger charge is -2.10. The standard InChI is InChI=1S/C19H16N2O5/c1-12(22)18-16(20-15-5-3-4-6-17(15)21(18)24)11-26-19(23)13-7-9-14(25-2)10-8-13/h3-10H,11H2,1-2H3. The number of ether oxygens (including phenoxy) is 2. The number of carbonyl (C=O) groups is 2. The zero-order valence-electron chi connectivity index (χ0n) is 14.3. The highest BCUT2D eigenvalue weighted by Crippen LogP contribution is 2.15. The average Bonchev–Trinajstić information content (AvgIpc) is 2.66. The molecule has 0 aliphatic rings. The van der Waals surface area contributed by atoms with Crippen LogP contribution in [0.5, 0.6) is 5.75 Å². The van der Waals surface area contributed by atoms with E-state index >= 15 is 0 Å². The maximum absolute atomic E-state index is 12.5. The Hall–Kier alpha value is -3.48. The number of carbonyl (C=O) groups excluding carboxylic acids is 2. The van der Waals surface area contributed by atoms with Crippen molar-refractivity contribution < 1.29 is 23.8 Å². The second kappa shape index (κ2) is 7.18. The zero-order chi connectivity index (χ0) is 18.7. The average molecular weight is 352 g/mol. The van der Waals surface area contributed by atoms with Crippen LogP contribution < -0.4 is 9.47 Å². The molecule has 0 saturated carbocycles. The number of ketones is 1. The summed E-state index contributed by atoms with van der Waals surface area (Å²) in [5.41, 5.74) is 1.01. The molecule has 0 unspecified atom stereocenters. The lowest BCUT2D eigenvalue weighted by Crippen LogP contribution is -2.37. The van der Waals surface area contributed by atoms with Crippen LogP contribution in [0.15, 0.2) is 48.5 Å². The van der Waals surface area contributed by atoms with Crippen molar-refractivity contribution in [1.29, 1.82) is 0 Å². The fraction of sp³-hybridized carbons (Fsp3) is 0.158. The molecule has 132 valence electrons. The molecule has 26 heavy (non-hydrogen) atoms. The van der Waals surface area contributed by atoms with Crippen LogP contribution in [0, 0.1) is 5.21 Å². The number of benzene rings is 2. The van der Waals surface area contributed by atoms with Crippen LogP contribution >= 0.6 is 0 Å². The summed E-state index contributed by atoms with van der Waals surface area (Å²) in [6.45, 7) is 0.988. The summed E-state index contributed by atoms with van der Waals surface area (Å²) in [5, 5.41) is 12.5. The number of methoxy groups -OCH3 is 1. The summed E-state index contributed by atoms with van der Waals surface area (Å²) in [5.74, 6) is -0.424. The van der Waals surface area contributed by atoms with E-state index in [0.29, 0.717) is 21.6 Å². The smallest absolute Gasteiger partial charge is 0.338 e. The first kappa shape index (κ1) is 17.3. The summed E-state index contributed by atoms with van der Waals surface area (Å²) < 4.78 is 10.8. The molecule has 0 aliphatic heterocycles. The number of hydrogen-bond acceptors (Lipinski definition) is 6. The molecule has 7 heteroatoms. The summed E-state index contributed by atoms with van der Waals surface area (Å²) in [4.78, 5) is 28.4. The lowest BCUT2D eigenvalue weighted by atomic mass is 10.2. The Bertz CT molecular complexity index is 983. The molecule has 0 amide bonds. The second-order valence-electron chi connectivity index (χ2n) is 5.55. The Morgan fingerprint density at radius 1 is 1.12 bits per heavy atom. The first-order chi connectivity index (χ1) is 12.5. The molecule has 0 fully saturated rings. The predicted molar refractivity (Wildman–Crippen MR) is 92.8 cm³/mol. The van der Waals surface area contributed by atoms with Crippen molar-refractivity contribution in [3.05, 3.63) is 70.7 Å². The quantitative estimate of drug-likeness (QED) is 0.303. The van der Waals surface area contributed by atoms with E-state index in [1.807, 2.05) is 0 Å². The van der Waals surface area contributed by atoms with Crippen molar-refractivity contribution in [2.75, 3.05) is 7.11 Å². The van der Waals surface area contributed by atoms with Gasteiger partial charge >= 0.3 is 5.97 Å². The van der Waals surface area contributed by atoms with Crippen LogP contribution in [0.3, 0.4) is 0 Å². The van der Waals surface area contributed by atoms with Gasteiger partial charge in [-0.15, -0.1) is 0 Å². The molecule has 0 radical (unpaired) electrons. The molecular weight excluding hydrogens is 336 g/mol. The summed E-state index contributed by atoms with van der Waals surface area (Å²) in [6, 6.07) is 13.1. The molecule has 2 aromatic carbocycles. The van der Waals surface area contributed by atoms with Crippen LogP contribution in [0.4, 0.5) is 0 Å². The Labute approximate surface area is 149 Å². The summed E-state index contributed by atoms with van der Waals surface area (Å²) in [6.07, 6.45) is 0. The van der Waals surface area contributed by atoms with Gasteiger partial charge in [0, 0.05) is 13.0 Å². The van der Waals surface area contributed by atoms with Gasteiger partial charge in [-0.2, -0.15) is 4.73 Å². The van der Waals surface area contributed by atoms with E-state index in [9.17, 15) is 14.8 Å². The van der Waals surface area contributed by atoms with Crippen molar-refractivity contribution in [3.8, 4) is 5.75 Å². The highest BCUT2D eigenvalue weighted by atomic mass is 16.5. The molecule has 3 rings (SSSR count). The van der Waals surface area contributed by atoms with Gasteiger partial charge < -0.3 is 14.7 Å². The molecule has 7 nitrogen and oxygen atoms in total. The van der Waals surface area contributed by atoms with Gasteiger partial charge in [0.25, 0.3) is 5.69 Å². The molecule has 1 heterocycles. The van der Waals surface area contributed by atoms with Gasteiger partial charge in [-0.05, 0) is 30.3 Å². The third-order valence-electron chi connectivity index (χ3n) is 3.83. The van der Waals surface area contributed by atoms with Gasteiger partial charge in [0.05, 0.1) is 12.7 Å². The van der Waals surface area contributed by atoms with Gasteiger partial charge in [-0.25, -0.2) is 9.78 Å². The molecule has 0 bridgehead atoms. The molecule has 0 N–H and O–H groups in total. The maximum atomic E-state index is 12.5. The lowest BCUT2D eigenvalue weighted by molar-refractivity contribution is -0.580. The summed E-state index contributed by atoms with van der Waals surface area (Å²) >= 11 is 0. The van der Waals surface area contributed by atoms with Crippen LogP contribution in [-0.2, 0) is 11.3 Å². The van der Waals surface area contributed by atoms with E-state index < -0.39 is 11.8 Å². The largest absolute Gasteiger partial charge is 0.618 e. The van der Waals surface area contributed by atoms with E-state index in [2.05, 4.69) is 4.98 Å². The number of rotatable bonds is 5. The van der Waals surface area contributed by atoms with Gasteiger partial charge in [0.2, 0.25) is 11.3 Å². The van der Waals surface area contributed by atoms with Crippen LogP contribution in [0.1, 0.15) is 33.5 Å². The van der Waals surface area contributed by atoms with Gasteiger partial charge in [0.15, 0.2) is 5.69 Å². The molecular formula is C19H16N2O5. The van der Waals surface area contributed by atoms with Crippen LogP contribution in [-0.4, -0.2) is 23.8 Å².